The van der Waals surface area contributed by atoms with Crippen molar-refractivity contribution in [3.8, 4) is 0 Å². The van der Waals surface area contributed by atoms with Crippen LogP contribution in [0.25, 0.3) is 0 Å². The second-order valence-electron chi connectivity index (χ2n) is 4.16. The Morgan fingerprint density at radius 1 is 1.50 bits per heavy atom. The molecule has 4 heteroatoms. The number of anilines is 1. The molecule has 0 aliphatic carbocycles. The van der Waals surface area contributed by atoms with Crippen LogP contribution < -0.4 is 10.6 Å². The summed E-state index contributed by atoms with van der Waals surface area (Å²) < 4.78 is 0. The lowest BCUT2D eigenvalue weighted by molar-refractivity contribution is -0.137. The topological polar surface area (TPSA) is 66.6 Å². The summed E-state index contributed by atoms with van der Waals surface area (Å²) in [5, 5.41) is 8.75. The molecule has 0 bridgehead atoms. The van der Waals surface area contributed by atoms with Crippen LogP contribution in [-0.2, 0) is 4.79 Å². The van der Waals surface area contributed by atoms with Gasteiger partial charge in [0.2, 0.25) is 0 Å². The quantitative estimate of drug-likeness (QED) is 0.811. The van der Waals surface area contributed by atoms with Gasteiger partial charge in [-0.05, 0) is 18.6 Å². The van der Waals surface area contributed by atoms with E-state index in [-0.39, 0.29) is 6.42 Å². The molecule has 0 aliphatic rings. The Hall–Kier alpha value is -1.55. The maximum absolute atomic E-state index is 10.7. The molecule has 1 atom stereocenters. The van der Waals surface area contributed by atoms with Gasteiger partial charge in [-0.3, -0.25) is 4.79 Å². The average molecular weight is 222 g/mol. The molecule has 0 radical (unpaired) electrons. The Morgan fingerprint density at radius 3 is 2.62 bits per heavy atom. The number of aliphatic carboxylic acids is 1. The Morgan fingerprint density at radius 2 is 2.12 bits per heavy atom. The van der Waals surface area contributed by atoms with Gasteiger partial charge < -0.3 is 15.7 Å². The summed E-state index contributed by atoms with van der Waals surface area (Å²) in [5.74, 6) is -0.876. The molecule has 0 aromatic heterocycles. The summed E-state index contributed by atoms with van der Waals surface area (Å²) in [7, 11) is 3.84. The number of hydrogen-bond acceptors (Lipinski definition) is 3. The Balaban J connectivity index is 3.08. The van der Waals surface area contributed by atoms with Gasteiger partial charge in [0.15, 0.2) is 0 Å². The summed E-state index contributed by atoms with van der Waals surface area (Å²) in [6.07, 6.45) is -0.0513. The number of carboxylic acid groups (broad SMARTS) is 1. The molecule has 0 spiro atoms. The number of aryl methyl sites for hydroxylation is 1. The van der Waals surface area contributed by atoms with Gasteiger partial charge in [0, 0.05) is 25.8 Å². The molecule has 16 heavy (non-hydrogen) atoms. The van der Waals surface area contributed by atoms with Crippen LogP contribution in [0.1, 0.15) is 23.6 Å². The molecule has 4 nitrogen and oxygen atoms in total. The average Bonchev–Trinajstić information content (AvgIpc) is 2.15. The van der Waals surface area contributed by atoms with Crippen molar-refractivity contribution in [2.45, 2.75) is 19.4 Å². The zero-order valence-corrected chi connectivity index (χ0v) is 9.90. The van der Waals surface area contributed by atoms with Gasteiger partial charge in [-0.25, -0.2) is 0 Å². The minimum atomic E-state index is -0.876. The second-order valence-corrected chi connectivity index (χ2v) is 4.16. The minimum absolute atomic E-state index is 0.0513. The van der Waals surface area contributed by atoms with E-state index < -0.39 is 12.0 Å². The lowest BCUT2D eigenvalue weighted by Crippen LogP contribution is -2.20. The SMILES string of the molecule is Cc1ccc(N(C)C)c(C(N)CC(=O)O)c1. The van der Waals surface area contributed by atoms with Crippen molar-refractivity contribution in [1.82, 2.24) is 0 Å². The minimum Gasteiger partial charge on any atom is -0.481 e. The zero-order chi connectivity index (χ0) is 12.3. The van der Waals surface area contributed by atoms with E-state index in [1.807, 2.05) is 44.1 Å². The fraction of sp³-hybridized carbons (Fsp3) is 0.417. The highest BCUT2D eigenvalue weighted by Gasteiger charge is 2.15. The van der Waals surface area contributed by atoms with Crippen LogP contribution in [0.15, 0.2) is 18.2 Å². The lowest BCUT2D eigenvalue weighted by atomic mass is 10.00. The number of benzene rings is 1. The highest BCUT2D eigenvalue weighted by molar-refractivity contribution is 5.69. The highest BCUT2D eigenvalue weighted by atomic mass is 16.4. The third kappa shape index (κ3) is 2.97. The molecule has 0 aliphatic heterocycles. The van der Waals surface area contributed by atoms with Crippen LogP contribution in [0.2, 0.25) is 0 Å². The summed E-state index contributed by atoms with van der Waals surface area (Å²) in [6.45, 7) is 1.97. The molecule has 0 amide bonds. The normalized spacial score (nSPS) is 12.2. The first-order valence-corrected chi connectivity index (χ1v) is 5.17. The smallest absolute Gasteiger partial charge is 0.305 e. The summed E-state index contributed by atoms with van der Waals surface area (Å²) in [5.41, 5.74) is 8.83. The van der Waals surface area contributed by atoms with E-state index in [4.69, 9.17) is 10.8 Å². The van der Waals surface area contributed by atoms with E-state index >= 15 is 0 Å². The molecule has 0 heterocycles. The van der Waals surface area contributed by atoms with Gasteiger partial charge >= 0.3 is 5.97 Å². The third-order valence-corrected chi connectivity index (χ3v) is 2.46. The fourth-order valence-electron chi connectivity index (χ4n) is 1.68. The molecular weight excluding hydrogens is 204 g/mol. The fourth-order valence-corrected chi connectivity index (χ4v) is 1.68. The molecule has 0 saturated heterocycles. The van der Waals surface area contributed by atoms with Crippen LogP contribution in [-0.4, -0.2) is 25.2 Å². The first-order valence-electron chi connectivity index (χ1n) is 5.17. The predicted octanol–water partition coefficient (Wildman–Crippen LogP) is 1.54. The van der Waals surface area contributed by atoms with Gasteiger partial charge in [-0.15, -0.1) is 0 Å². The lowest BCUT2D eigenvalue weighted by Gasteiger charge is -2.21. The van der Waals surface area contributed by atoms with E-state index in [0.717, 1.165) is 16.8 Å². The number of nitrogens with zero attached hydrogens (tertiary/aromatic N) is 1. The number of nitrogens with two attached hydrogens (primary N) is 1. The van der Waals surface area contributed by atoms with Crippen molar-refractivity contribution >= 4 is 11.7 Å². The van der Waals surface area contributed by atoms with Crippen molar-refractivity contribution in [2.24, 2.45) is 5.73 Å². The molecule has 1 aromatic rings. The largest absolute Gasteiger partial charge is 0.481 e. The number of hydrogen-bond donors (Lipinski definition) is 2. The molecular formula is C12H18N2O2. The molecule has 1 unspecified atom stereocenters. The maximum Gasteiger partial charge on any atom is 0.305 e. The van der Waals surface area contributed by atoms with Crippen LogP contribution >= 0.6 is 0 Å². The van der Waals surface area contributed by atoms with E-state index in [1.165, 1.54) is 0 Å². The monoisotopic (exact) mass is 222 g/mol. The van der Waals surface area contributed by atoms with Crippen molar-refractivity contribution in [3.05, 3.63) is 29.3 Å². The van der Waals surface area contributed by atoms with Crippen molar-refractivity contribution < 1.29 is 9.90 Å². The van der Waals surface area contributed by atoms with Crippen molar-refractivity contribution in [2.75, 3.05) is 19.0 Å². The van der Waals surface area contributed by atoms with Crippen molar-refractivity contribution in [1.29, 1.82) is 0 Å². The van der Waals surface area contributed by atoms with Gasteiger partial charge in [0.1, 0.15) is 0 Å². The van der Waals surface area contributed by atoms with Gasteiger partial charge in [-0.2, -0.15) is 0 Å². The molecule has 3 N–H and O–H groups in total. The Labute approximate surface area is 95.7 Å². The highest BCUT2D eigenvalue weighted by Crippen LogP contribution is 2.26. The second kappa shape index (κ2) is 4.99. The van der Waals surface area contributed by atoms with E-state index in [0.29, 0.717) is 0 Å². The predicted molar refractivity (Wildman–Crippen MR) is 64.7 cm³/mol. The zero-order valence-electron chi connectivity index (χ0n) is 9.90. The number of carbonyl (C=O) groups is 1. The summed E-state index contributed by atoms with van der Waals surface area (Å²) in [6, 6.07) is 5.44. The maximum atomic E-state index is 10.7. The van der Waals surface area contributed by atoms with Crippen molar-refractivity contribution in [3.63, 3.8) is 0 Å². The molecule has 1 rings (SSSR count). The first kappa shape index (κ1) is 12.5. The standard InChI is InChI=1S/C12H18N2O2/c1-8-4-5-11(14(2)3)9(6-8)10(13)7-12(15)16/h4-6,10H,7,13H2,1-3H3,(H,15,16). The van der Waals surface area contributed by atoms with E-state index in [9.17, 15) is 4.79 Å². The number of carboxylic acids is 1. The summed E-state index contributed by atoms with van der Waals surface area (Å²) >= 11 is 0. The van der Waals surface area contributed by atoms with E-state index in [1.54, 1.807) is 0 Å². The van der Waals surface area contributed by atoms with Crippen LogP contribution in [0.5, 0.6) is 0 Å². The van der Waals surface area contributed by atoms with Gasteiger partial charge in [0.25, 0.3) is 0 Å². The number of rotatable bonds is 4. The molecule has 1 aromatic carbocycles. The Bertz CT molecular complexity index is 389. The van der Waals surface area contributed by atoms with Gasteiger partial charge in [0.05, 0.1) is 6.42 Å². The van der Waals surface area contributed by atoms with Crippen LogP contribution in [0.3, 0.4) is 0 Å². The molecule has 0 saturated carbocycles. The van der Waals surface area contributed by atoms with Gasteiger partial charge in [-0.1, -0.05) is 17.7 Å². The Kier molecular flexibility index (Phi) is 3.90. The third-order valence-electron chi connectivity index (χ3n) is 2.46. The molecule has 0 fully saturated rings. The van der Waals surface area contributed by atoms with Crippen LogP contribution in [0.4, 0.5) is 5.69 Å². The van der Waals surface area contributed by atoms with Crippen LogP contribution in [0, 0.1) is 6.92 Å². The molecule has 88 valence electrons. The van der Waals surface area contributed by atoms with E-state index in [2.05, 4.69) is 0 Å². The first-order chi connectivity index (χ1) is 7.41. The summed E-state index contributed by atoms with van der Waals surface area (Å²) in [4.78, 5) is 12.6.